The molecule has 2 aliphatic rings. The Morgan fingerprint density at radius 2 is 1.86 bits per heavy atom. The van der Waals surface area contributed by atoms with E-state index in [9.17, 15) is 9.59 Å². The van der Waals surface area contributed by atoms with Crippen molar-refractivity contribution in [3.63, 3.8) is 0 Å². The standard InChI is InChI=1S/C22H28ClN3O2S/c1-2-14-24-22-26(18-8-6-4-3-5-7-9-18)21(28)19(29-22)15-20(27)25-17-12-10-16(23)11-13-17/h2,10-13,18-19H,1,3-9,14-15H2,(H,25,27)/t19-/m1/s1. The Morgan fingerprint density at radius 1 is 1.21 bits per heavy atom. The van der Waals surface area contributed by atoms with E-state index >= 15 is 0 Å². The Hall–Kier alpha value is -1.79. The highest BCUT2D eigenvalue weighted by molar-refractivity contribution is 8.15. The molecule has 1 aromatic carbocycles. The van der Waals surface area contributed by atoms with Crippen molar-refractivity contribution in [2.24, 2.45) is 4.99 Å². The Bertz CT molecular complexity index is 758. The van der Waals surface area contributed by atoms with Crippen LogP contribution in [0.25, 0.3) is 0 Å². The van der Waals surface area contributed by atoms with Crippen molar-refractivity contribution in [1.29, 1.82) is 0 Å². The van der Waals surface area contributed by atoms with Gasteiger partial charge in [0.15, 0.2) is 5.17 Å². The van der Waals surface area contributed by atoms with Gasteiger partial charge in [-0.2, -0.15) is 0 Å². The van der Waals surface area contributed by atoms with Crippen molar-refractivity contribution in [1.82, 2.24) is 4.90 Å². The van der Waals surface area contributed by atoms with Crippen LogP contribution in [0.1, 0.15) is 51.4 Å². The zero-order valence-electron chi connectivity index (χ0n) is 16.6. The summed E-state index contributed by atoms with van der Waals surface area (Å²) in [7, 11) is 0. The van der Waals surface area contributed by atoms with Crippen LogP contribution in [0.5, 0.6) is 0 Å². The second-order valence-electron chi connectivity index (χ2n) is 7.48. The fraction of sp³-hybridized carbons (Fsp3) is 0.500. The fourth-order valence-electron chi connectivity index (χ4n) is 3.81. The van der Waals surface area contributed by atoms with Crippen molar-refractivity contribution in [2.75, 3.05) is 11.9 Å². The summed E-state index contributed by atoms with van der Waals surface area (Å²) in [6.45, 7) is 4.21. The Balaban J connectivity index is 1.69. The van der Waals surface area contributed by atoms with Crippen LogP contribution >= 0.6 is 23.4 Å². The van der Waals surface area contributed by atoms with E-state index in [-0.39, 0.29) is 24.3 Å². The van der Waals surface area contributed by atoms with Crippen LogP contribution in [-0.4, -0.2) is 39.7 Å². The maximum atomic E-state index is 13.2. The molecule has 3 rings (SSSR count). The third kappa shape index (κ3) is 6.09. The number of nitrogens with zero attached hydrogens (tertiary/aromatic N) is 2. The number of hydrogen-bond donors (Lipinski definition) is 1. The summed E-state index contributed by atoms with van der Waals surface area (Å²) in [5.74, 6) is -0.171. The SMILES string of the molecule is C=CCN=C1S[C@H](CC(=O)Nc2ccc(Cl)cc2)C(=O)N1C1CCCCCCC1. The van der Waals surface area contributed by atoms with E-state index in [0.29, 0.717) is 17.3 Å². The van der Waals surface area contributed by atoms with Gasteiger partial charge in [-0.1, -0.05) is 61.5 Å². The van der Waals surface area contributed by atoms with Gasteiger partial charge in [-0.15, -0.1) is 6.58 Å². The third-order valence-corrected chi connectivity index (χ3v) is 6.70. The molecule has 2 fully saturated rings. The first kappa shape index (κ1) is 21.9. The second kappa shape index (κ2) is 10.8. The van der Waals surface area contributed by atoms with Gasteiger partial charge in [0, 0.05) is 23.2 Å². The Labute approximate surface area is 182 Å². The van der Waals surface area contributed by atoms with Gasteiger partial charge in [0.25, 0.3) is 0 Å². The molecule has 0 radical (unpaired) electrons. The molecule has 2 amide bonds. The van der Waals surface area contributed by atoms with E-state index in [0.717, 1.165) is 30.9 Å². The lowest BCUT2D eigenvalue weighted by molar-refractivity contribution is -0.129. The third-order valence-electron chi connectivity index (χ3n) is 5.26. The summed E-state index contributed by atoms with van der Waals surface area (Å²) >= 11 is 7.30. The molecule has 5 nitrogen and oxygen atoms in total. The molecule has 0 spiro atoms. The summed E-state index contributed by atoms with van der Waals surface area (Å²) in [5.41, 5.74) is 0.673. The highest BCUT2D eigenvalue weighted by atomic mass is 35.5. The number of thioether (sulfide) groups is 1. The molecule has 1 aliphatic heterocycles. The van der Waals surface area contributed by atoms with Crippen LogP contribution in [0.3, 0.4) is 0 Å². The van der Waals surface area contributed by atoms with Crippen LogP contribution < -0.4 is 5.32 Å². The fourth-order valence-corrected chi connectivity index (χ4v) is 5.14. The molecule has 1 aromatic rings. The molecule has 7 heteroatoms. The lowest BCUT2D eigenvalue weighted by Crippen LogP contribution is -2.42. The molecule has 156 valence electrons. The first-order valence-corrected chi connectivity index (χ1v) is 11.5. The molecule has 1 heterocycles. The normalized spacial score (nSPS) is 22.4. The van der Waals surface area contributed by atoms with Crippen LogP contribution in [0.15, 0.2) is 41.9 Å². The van der Waals surface area contributed by atoms with Gasteiger partial charge in [0.05, 0.1) is 6.54 Å². The number of rotatable bonds is 6. The summed E-state index contributed by atoms with van der Waals surface area (Å²) < 4.78 is 0. The average Bonchev–Trinajstić information content (AvgIpc) is 2.97. The van der Waals surface area contributed by atoms with E-state index in [1.54, 1.807) is 30.3 Å². The molecule has 1 atom stereocenters. The van der Waals surface area contributed by atoms with Crippen molar-refractivity contribution in [2.45, 2.75) is 62.7 Å². The van der Waals surface area contributed by atoms with Crippen LogP contribution in [0.2, 0.25) is 5.02 Å². The number of anilines is 1. The number of carbonyl (C=O) groups is 2. The highest BCUT2D eigenvalue weighted by Crippen LogP contribution is 2.35. The number of hydrogen-bond acceptors (Lipinski definition) is 4. The predicted molar refractivity (Wildman–Crippen MR) is 122 cm³/mol. The van der Waals surface area contributed by atoms with E-state index in [4.69, 9.17) is 11.6 Å². The lowest BCUT2D eigenvalue weighted by atomic mass is 9.95. The van der Waals surface area contributed by atoms with Crippen molar-refractivity contribution in [3.05, 3.63) is 41.9 Å². The number of nitrogens with one attached hydrogen (secondary N) is 1. The quantitative estimate of drug-likeness (QED) is 0.622. The summed E-state index contributed by atoms with van der Waals surface area (Å²) in [6, 6.07) is 7.14. The Kier molecular flexibility index (Phi) is 8.19. The number of carbonyl (C=O) groups excluding carboxylic acids is 2. The summed E-state index contributed by atoms with van der Waals surface area (Å²) in [5, 5.41) is 3.77. The molecule has 0 bridgehead atoms. The molecule has 29 heavy (non-hydrogen) atoms. The number of halogens is 1. The number of aliphatic imine (C=N–C) groups is 1. The molecule has 1 aliphatic carbocycles. The van der Waals surface area contributed by atoms with Gasteiger partial charge in [0.2, 0.25) is 11.8 Å². The number of benzene rings is 1. The minimum Gasteiger partial charge on any atom is -0.326 e. The predicted octanol–water partition coefficient (Wildman–Crippen LogP) is 5.27. The molecule has 1 saturated heterocycles. The maximum absolute atomic E-state index is 13.2. The first-order chi connectivity index (χ1) is 14.1. The highest BCUT2D eigenvalue weighted by Gasteiger charge is 2.42. The second-order valence-corrected chi connectivity index (χ2v) is 9.09. The lowest BCUT2D eigenvalue weighted by Gasteiger charge is -2.29. The van der Waals surface area contributed by atoms with E-state index in [1.165, 1.54) is 31.0 Å². The van der Waals surface area contributed by atoms with Gasteiger partial charge in [-0.25, -0.2) is 0 Å². The van der Waals surface area contributed by atoms with E-state index in [1.807, 2.05) is 4.90 Å². The van der Waals surface area contributed by atoms with Crippen LogP contribution in [0.4, 0.5) is 5.69 Å². The minimum atomic E-state index is -0.434. The molecule has 1 saturated carbocycles. The smallest absolute Gasteiger partial charge is 0.242 e. The number of amides is 2. The van der Waals surface area contributed by atoms with Gasteiger partial charge in [-0.3, -0.25) is 19.5 Å². The van der Waals surface area contributed by atoms with Crippen molar-refractivity contribution < 1.29 is 9.59 Å². The monoisotopic (exact) mass is 433 g/mol. The van der Waals surface area contributed by atoms with Crippen molar-refractivity contribution in [3.8, 4) is 0 Å². The number of amidine groups is 1. The molecule has 0 unspecified atom stereocenters. The molecule has 1 N–H and O–H groups in total. The molecular formula is C22H28ClN3O2S. The van der Waals surface area contributed by atoms with Crippen molar-refractivity contribution >= 4 is 46.0 Å². The zero-order chi connectivity index (χ0) is 20.6. The van der Waals surface area contributed by atoms with Gasteiger partial charge >= 0.3 is 0 Å². The van der Waals surface area contributed by atoms with E-state index < -0.39 is 5.25 Å². The summed E-state index contributed by atoms with van der Waals surface area (Å²) in [4.78, 5) is 32.2. The maximum Gasteiger partial charge on any atom is 0.242 e. The topological polar surface area (TPSA) is 61.8 Å². The van der Waals surface area contributed by atoms with Gasteiger partial charge in [0.1, 0.15) is 5.25 Å². The van der Waals surface area contributed by atoms with Crippen LogP contribution in [-0.2, 0) is 9.59 Å². The molecule has 0 aromatic heterocycles. The molecular weight excluding hydrogens is 406 g/mol. The average molecular weight is 434 g/mol. The zero-order valence-corrected chi connectivity index (χ0v) is 18.2. The van der Waals surface area contributed by atoms with E-state index in [2.05, 4.69) is 16.9 Å². The largest absolute Gasteiger partial charge is 0.326 e. The minimum absolute atomic E-state index is 0.00893. The Morgan fingerprint density at radius 3 is 2.52 bits per heavy atom. The van der Waals surface area contributed by atoms with Gasteiger partial charge in [-0.05, 0) is 37.1 Å². The van der Waals surface area contributed by atoms with Gasteiger partial charge < -0.3 is 5.32 Å². The van der Waals surface area contributed by atoms with Crippen LogP contribution in [0, 0.1) is 0 Å². The first-order valence-electron chi connectivity index (χ1n) is 10.3. The summed E-state index contributed by atoms with van der Waals surface area (Å²) in [6.07, 6.45) is 9.85.